The Balaban J connectivity index is 1.61. The third kappa shape index (κ3) is 5.27. The van der Waals surface area contributed by atoms with Crippen molar-refractivity contribution in [2.45, 2.75) is 30.7 Å². The van der Waals surface area contributed by atoms with Crippen molar-refractivity contribution in [3.05, 3.63) is 96.1 Å². The summed E-state index contributed by atoms with van der Waals surface area (Å²) in [6.07, 6.45) is 1.73. The Morgan fingerprint density at radius 3 is 2.07 bits per heavy atom. The third-order valence-corrected chi connectivity index (χ3v) is 6.78. The molecule has 156 valence electrons. The molecule has 30 heavy (non-hydrogen) atoms. The van der Waals surface area contributed by atoms with Crippen LogP contribution in [0.4, 0.5) is 5.69 Å². The molecule has 3 aromatic carbocycles. The summed E-state index contributed by atoms with van der Waals surface area (Å²) in [5.41, 5.74) is 2.23. The van der Waals surface area contributed by atoms with Gasteiger partial charge in [0.25, 0.3) is 15.9 Å². The van der Waals surface area contributed by atoms with Crippen molar-refractivity contribution in [3.8, 4) is 0 Å². The zero-order valence-corrected chi connectivity index (χ0v) is 18.0. The van der Waals surface area contributed by atoms with E-state index in [1.807, 2.05) is 25.1 Å². The van der Waals surface area contributed by atoms with Gasteiger partial charge in [-0.25, -0.2) is 8.42 Å². The molecule has 0 heterocycles. The van der Waals surface area contributed by atoms with Gasteiger partial charge in [0.05, 0.1) is 10.6 Å². The molecule has 0 fully saturated rings. The number of aryl methyl sites for hydroxylation is 1. The molecule has 0 saturated carbocycles. The minimum atomic E-state index is -3.65. The maximum Gasteiger partial charge on any atom is 0.264 e. The number of carbonyl (C=O) groups excluding carboxylic acids is 1. The Labute approximate surface area is 178 Å². The molecule has 3 rings (SSSR count). The monoisotopic (exact) mass is 422 g/mol. The van der Waals surface area contributed by atoms with Crippen LogP contribution in [0, 0.1) is 0 Å². The van der Waals surface area contributed by atoms with Gasteiger partial charge in [0, 0.05) is 18.7 Å². The molecule has 0 aromatic heterocycles. The number of amides is 1. The van der Waals surface area contributed by atoms with Crippen molar-refractivity contribution >= 4 is 21.6 Å². The molecule has 0 aliphatic heterocycles. The van der Waals surface area contributed by atoms with E-state index in [2.05, 4.69) is 17.4 Å². The third-order valence-electron chi connectivity index (χ3n) is 4.98. The molecule has 0 aliphatic carbocycles. The number of hydrogen-bond donors (Lipinski definition) is 1. The fourth-order valence-electron chi connectivity index (χ4n) is 3.12. The largest absolute Gasteiger partial charge is 0.350 e. The molecule has 0 saturated heterocycles. The van der Waals surface area contributed by atoms with E-state index in [0.717, 1.165) is 12.8 Å². The van der Waals surface area contributed by atoms with Crippen LogP contribution in [0.5, 0.6) is 0 Å². The lowest BCUT2D eigenvalue weighted by atomic mass is 10.1. The molecule has 3 aromatic rings. The van der Waals surface area contributed by atoms with Crippen LogP contribution in [-0.4, -0.2) is 27.4 Å². The first-order chi connectivity index (χ1) is 14.4. The van der Waals surface area contributed by atoms with Crippen LogP contribution in [0.25, 0.3) is 0 Å². The molecular formula is C24H26N2O3S. The Morgan fingerprint density at radius 1 is 0.900 bits per heavy atom. The van der Waals surface area contributed by atoms with E-state index in [4.69, 9.17) is 0 Å². The molecule has 0 aliphatic rings. The molecule has 0 spiro atoms. The number of benzene rings is 3. The number of rotatable bonds is 8. The van der Waals surface area contributed by atoms with Crippen molar-refractivity contribution in [2.24, 2.45) is 0 Å². The van der Waals surface area contributed by atoms with Gasteiger partial charge in [-0.05, 0) is 61.7 Å². The molecule has 1 atom stereocenters. The van der Waals surface area contributed by atoms with Crippen molar-refractivity contribution in [1.29, 1.82) is 0 Å². The fraction of sp³-hybridized carbons (Fsp3) is 0.208. The van der Waals surface area contributed by atoms with Gasteiger partial charge < -0.3 is 5.32 Å². The van der Waals surface area contributed by atoms with Crippen LogP contribution in [0.15, 0.2) is 89.8 Å². The van der Waals surface area contributed by atoms with Crippen LogP contribution in [0.1, 0.15) is 29.3 Å². The molecule has 1 amide bonds. The Morgan fingerprint density at radius 2 is 1.47 bits per heavy atom. The Hall–Kier alpha value is -3.12. The smallest absolute Gasteiger partial charge is 0.264 e. The number of anilines is 1. The van der Waals surface area contributed by atoms with Gasteiger partial charge in [0.2, 0.25) is 0 Å². The second-order valence-corrected chi connectivity index (χ2v) is 9.20. The van der Waals surface area contributed by atoms with E-state index in [1.54, 1.807) is 54.6 Å². The first-order valence-corrected chi connectivity index (χ1v) is 11.3. The highest BCUT2D eigenvalue weighted by Crippen LogP contribution is 2.22. The number of carbonyl (C=O) groups is 1. The van der Waals surface area contributed by atoms with Crippen LogP contribution < -0.4 is 9.62 Å². The van der Waals surface area contributed by atoms with Crippen LogP contribution in [-0.2, 0) is 16.4 Å². The van der Waals surface area contributed by atoms with Crippen molar-refractivity contribution < 1.29 is 13.2 Å². The average molecular weight is 423 g/mol. The predicted molar refractivity (Wildman–Crippen MR) is 120 cm³/mol. The highest BCUT2D eigenvalue weighted by molar-refractivity contribution is 7.92. The molecule has 6 heteroatoms. The van der Waals surface area contributed by atoms with E-state index >= 15 is 0 Å². The van der Waals surface area contributed by atoms with Gasteiger partial charge in [0.1, 0.15) is 0 Å². The maximum absolute atomic E-state index is 12.7. The van der Waals surface area contributed by atoms with Gasteiger partial charge >= 0.3 is 0 Å². The topological polar surface area (TPSA) is 66.5 Å². The van der Waals surface area contributed by atoms with Gasteiger partial charge in [-0.3, -0.25) is 9.10 Å². The zero-order valence-electron chi connectivity index (χ0n) is 17.2. The second-order valence-electron chi connectivity index (χ2n) is 7.23. The predicted octanol–water partition coefficient (Wildman–Crippen LogP) is 4.26. The van der Waals surface area contributed by atoms with Gasteiger partial charge in [-0.2, -0.15) is 0 Å². The summed E-state index contributed by atoms with van der Waals surface area (Å²) in [5, 5.41) is 3.00. The first kappa shape index (κ1) is 21.6. The van der Waals surface area contributed by atoms with E-state index < -0.39 is 10.0 Å². The van der Waals surface area contributed by atoms with Crippen LogP contribution in [0.2, 0.25) is 0 Å². The molecule has 5 nitrogen and oxygen atoms in total. The normalized spacial score (nSPS) is 12.2. The SMILES string of the molecule is CC(CCc1ccccc1)NC(=O)c1ccc(N(C)S(=O)(=O)c2ccccc2)cc1. The lowest BCUT2D eigenvalue weighted by Crippen LogP contribution is -2.33. The molecule has 0 bridgehead atoms. The Bertz CT molecular complexity index is 1070. The number of nitrogens with one attached hydrogen (secondary N) is 1. The van der Waals surface area contributed by atoms with E-state index in [-0.39, 0.29) is 16.8 Å². The average Bonchev–Trinajstić information content (AvgIpc) is 2.78. The minimum absolute atomic E-state index is 0.0264. The summed E-state index contributed by atoms with van der Waals surface area (Å²) in [6.45, 7) is 1.98. The molecule has 1 N–H and O–H groups in total. The first-order valence-electron chi connectivity index (χ1n) is 9.87. The summed E-state index contributed by atoms with van der Waals surface area (Å²) in [7, 11) is -2.14. The van der Waals surface area contributed by atoms with Crippen molar-refractivity contribution in [3.63, 3.8) is 0 Å². The molecule has 0 radical (unpaired) electrons. The summed E-state index contributed by atoms with van der Waals surface area (Å²) < 4.78 is 26.7. The standard InChI is InChI=1S/C24H26N2O3S/c1-19(13-14-20-9-5-3-6-10-20)25-24(27)21-15-17-22(18-16-21)26(2)30(28,29)23-11-7-4-8-12-23/h3-12,15-19H,13-14H2,1-2H3,(H,25,27). The van der Waals surface area contributed by atoms with Gasteiger partial charge in [-0.15, -0.1) is 0 Å². The number of hydrogen-bond acceptors (Lipinski definition) is 3. The maximum atomic E-state index is 12.7. The van der Waals surface area contributed by atoms with Gasteiger partial charge in [0.15, 0.2) is 0 Å². The quantitative estimate of drug-likeness (QED) is 0.590. The van der Waals surface area contributed by atoms with Crippen molar-refractivity contribution in [1.82, 2.24) is 5.32 Å². The van der Waals surface area contributed by atoms with E-state index in [0.29, 0.717) is 11.3 Å². The Kier molecular flexibility index (Phi) is 6.90. The van der Waals surface area contributed by atoms with Gasteiger partial charge in [-0.1, -0.05) is 48.5 Å². The van der Waals surface area contributed by atoms with E-state index in [9.17, 15) is 13.2 Å². The lowest BCUT2D eigenvalue weighted by molar-refractivity contribution is 0.0938. The van der Waals surface area contributed by atoms with Crippen LogP contribution >= 0.6 is 0 Å². The summed E-state index contributed by atoms with van der Waals surface area (Å²) in [5.74, 6) is -0.171. The lowest BCUT2D eigenvalue weighted by Gasteiger charge is -2.20. The number of sulfonamides is 1. The number of nitrogens with zero attached hydrogens (tertiary/aromatic N) is 1. The highest BCUT2D eigenvalue weighted by Gasteiger charge is 2.21. The van der Waals surface area contributed by atoms with E-state index in [1.165, 1.54) is 16.9 Å². The van der Waals surface area contributed by atoms with Crippen LogP contribution in [0.3, 0.4) is 0 Å². The minimum Gasteiger partial charge on any atom is -0.350 e. The fourth-order valence-corrected chi connectivity index (χ4v) is 4.34. The van der Waals surface area contributed by atoms with Crippen molar-refractivity contribution in [2.75, 3.05) is 11.4 Å². The molecule has 1 unspecified atom stereocenters. The summed E-state index contributed by atoms with van der Waals surface area (Å²) in [4.78, 5) is 12.7. The highest BCUT2D eigenvalue weighted by atomic mass is 32.2. The summed E-state index contributed by atoms with van der Waals surface area (Å²) >= 11 is 0. The summed E-state index contributed by atoms with van der Waals surface area (Å²) in [6, 6.07) is 25.0. The molecular weight excluding hydrogens is 396 g/mol. The second kappa shape index (κ2) is 9.59. The zero-order chi connectivity index (χ0) is 21.6.